The molecule has 0 radical (unpaired) electrons. The summed E-state index contributed by atoms with van der Waals surface area (Å²) in [5, 5.41) is 8.30. The van der Waals surface area contributed by atoms with Gasteiger partial charge in [-0.2, -0.15) is 0 Å². The van der Waals surface area contributed by atoms with E-state index < -0.39 is 0 Å². The van der Waals surface area contributed by atoms with Crippen molar-refractivity contribution in [3.8, 4) is 22.5 Å². The van der Waals surface area contributed by atoms with E-state index in [0.29, 0.717) is 0 Å². The Morgan fingerprint density at radius 3 is 1.50 bits per heavy atom. The Morgan fingerprint density at radius 1 is 0.432 bits per heavy atom. The van der Waals surface area contributed by atoms with Crippen LogP contribution in [-0.4, -0.2) is 15.7 Å². The second-order valence-corrected chi connectivity index (χ2v) is 11.5. The lowest BCUT2D eigenvalue weighted by atomic mass is 10.0. The van der Waals surface area contributed by atoms with Gasteiger partial charge in [-0.05, 0) is 95.2 Å². The fourth-order valence-corrected chi connectivity index (χ4v) is 6.91. The lowest BCUT2D eigenvalue weighted by Gasteiger charge is -2.12. The van der Waals surface area contributed by atoms with Crippen LogP contribution in [0.1, 0.15) is 5.56 Å². The monoisotopic (exact) mass is 563 g/mol. The molecule has 0 amide bonds. The fraction of sp³-hybridized carbons (Fsp3) is 0.0244. The van der Waals surface area contributed by atoms with E-state index in [0.717, 1.165) is 6.54 Å². The molecule has 0 saturated carbocycles. The molecule has 0 saturated heterocycles. The Kier molecular flexibility index (Phi) is 5.57. The normalized spacial score (nSPS) is 13.1. The first-order chi connectivity index (χ1) is 21.8. The van der Waals surface area contributed by atoms with Crippen LogP contribution in [0.2, 0.25) is 0 Å². The first kappa shape index (κ1) is 24.8. The zero-order valence-corrected chi connectivity index (χ0v) is 24.1. The third-order valence-electron chi connectivity index (χ3n) is 8.97. The summed E-state index contributed by atoms with van der Waals surface area (Å²) < 4.78 is 4.76. The largest absolute Gasteiger partial charge is 0.387 e. The van der Waals surface area contributed by atoms with Crippen LogP contribution in [-0.2, 0) is 0 Å². The first-order valence-electron chi connectivity index (χ1n) is 15.2. The van der Waals surface area contributed by atoms with E-state index in [9.17, 15) is 0 Å². The number of rotatable bonds is 4. The second kappa shape index (κ2) is 9.89. The standard InChI is InChI=1S/C41H29N3/c1-2-8-32(9-3-1)43-38-12-6-4-10-34(38)36-26-30(16-20-40(36)43)31-17-21-41-37(27-31)35-11-5-7-13-39(35)44(41)33-18-14-28(15-19-33)29-22-24-42-25-23-29/h1-24,26-27,42H,25H2. The Hall–Kier alpha value is -5.80. The number of aromatic nitrogens is 2. The molecule has 44 heavy (non-hydrogen) atoms. The van der Waals surface area contributed by atoms with Crippen LogP contribution < -0.4 is 5.32 Å². The number of dihydropyridines is 1. The Morgan fingerprint density at radius 2 is 0.932 bits per heavy atom. The number of allylic oxidation sites excluding steroid dienone is 2. The molecule has 1 aliphatic heterocycles. The molecule has 3 nitrogen and oxygen atoms in total. The first-order valence-corrected chi connectivity index (χ1v) is 15.2. The molecule has 2 aromatic heterocycles. The van der Waals surface area contributed by atoms with Crippen molar-refractivity contribution in [1.29, 1.82) is 0 Å². The average Bonchev–Trinajstić information content (AvgIpc) is 3.61. The topological polar surface area (TPSA) is 21.9 Å². The number of hydrogen-bond donors (Lipinski definition) is 1. The van der Waals surface area contributed by atoms with Crippen LogP contribution >= 0.6 is 0 Å². The third-order valence-corrected chi connectivity index (χ3v) is 8.97. The van der Waals surface area contributed by atoms with Crippen molar-refractivity contribution in [2.75, 3.05) is 6.54 Å². The molecule has 0 spiro atoms. The number of para-hydroxylation sites is 3. The van der Waals surface area contributed by atoms with Gasteiger partial charge in [0.15, 0.2) is 0 Å². The van der Waals surface area contributed by atoms with E-state index in [2.05, 4.69) is 166 Å². The van der Waals surface area contributed by atoms with Crippen molar-refractivity contribution in [2.24, 2.45) is 0 Å². The molecular formula is C41H29N3. The highest BCUT2D eigenvalue weighted by Gasteiger charge is 2.16. The number of benzene rings is 6. The van der Waals surface area contributed by atoms with Gasteiger partial charge in [-0.15, -0.1) is 0 Å². The molecule has 8 aromatic rings. The van der Waals surface area contributed by atoms with Gasteiger partial charge >= 0.3 is 0 Å². The summed E-state index contributed by atoms with van der Waals surface area (Å²) in [5.74, 6) is 0. The van der Waals surface area contributed by atoms with Crippen LogP contribution in [0.5, 0.6) is 0 Å². The average molecular weight is 564 g/mol. The Labute approximate surface area is 255 Å². The van der Waals surface area contributed by atoms with E-state index in [1.54, 1.807) is 0 Å². The van der Waals surface area contributed by atoms with E-state index in [4.69, 9.17) is 0 Å². The highest BCUT2D eigenvalue weighted by atomic mass is 15.0. The van der Waals surface area contributed by atoms with E-state index >= 15 is 0 Å². The molecule has 1 N–H and O–H groups in total. The van der Waals surface area contributed by atoms with Gasteiger partial charge in [0.1, 0.15) is 0 Å². The van der Waals surface area contributed by atoms with Gasteiger partial charge in [0.2, 0.25) is 0 Å². The summed E-state index contributed by atoms with van der Waals surface area (Å²) >= 11 is 0. The Bertz CT molecular complexity index is 2420. The predicted molar refractivity (Wildman–Crippen MR) is 186 cm³/mol. The van der Waals surface area contributed by atoms with E-state index in [-0.39, 0.29) is 0 Å². The maximum atomic E-state index is 3.24. The van der Waals surface area contributed by atoms with Crippen molar-refractivity contribution in [1.82, 2.24) is 14.5 Å². The zero-order chi connectivity index (χ0) is 29.0. The minimum atomic E-state index is 0.866. The number of hydrogen-bond acceptors (Lipinski definition) is 1. The highest BCUT2D eigenvalue weighted by Crippen LogP contribution is 2.38. The van der Waals surface area contributed by atoms with Crippen LogP contribution in [0, 0.1) is 0 Å². The molecule has 0 atom stereocenters. The summed E-state index contributed by atoms with van der Waals surface area (Å²) in [5.41, 5.74) is 12.2. The van der Waals surface area contributed by atoms with Crippen molar-refractivity contribution in [3.05, 3.63) is 163 Å². The van der Waals surface area contributed by atoms with Gasteiger partial charge in [-0.3, -0.25) is 0 Å². The Balaban J connectivity index is 1.19. The van der Waals surface area contributed by atoms with Gasteiger partial charge in [-0.25, -0.2) is 0 Å². The molecule has 3 heteroatoms. The molecule has 6 aromatic carbocycles. The lowest BCUT2D eigenvalue weighted by molar-refractivity contribution is 0.976. The van der Waals surface area contributed by atoms with Crippen LogP contribution in [0.4, 0.5) is 0 Å². The maximum Gasteiger partial charge on any atom is 0.0541 e. The van der Waals surface area contributed by atoms with Crippen LogP contribution in [0.3, 0.4) is 0 Å². The van der Waals surface area contributed by atoms with Gasteiger partial charge in [0.05, 0.1) is 22.1 Å². The van der Waals surface area contributed by atoms with Crippen molar-refractivity contribution in [3.63, 3.8) is 0 Å². The van der Waals surface area contributed by atoms with Gasteiger partial charge in [0, 0.05) is 39.5 Å². The zero-order valence-electron chi connectivity index (χ0n) is 24.1. The summed E-state index contributed by atoms with van der Waals surface area (Å²) in [6, 6.07) is 50.9. The molecule has 3 heterocycles. The molecule has 1 aliphatic rings. The SMILES string of the molecule is C1=CC(c2ccc(-n3c4ccccc4c4cc(-c5ccc6c(c5)c5ccccc5n6-c5ccccc5)ccc43)cc2)=CCN1. The third kappa shape index (κ3) is 3.83. The number of fused-ring (bicyclic) bond motifs is 6. The number of nitrogens with zero attached hydrogens (tertiary/aromatic N) is 2. The van der Waals surface area contributed by atoms with Crippen molar-refractivity contribution >= 4 is 49.2 Å². The van der Waals surface area contributed by atoms with Crippen molar-refractivity contribution < 1.29 is 0 Å². The lowest BCUT2D eigenvalue weighted by Crippen LogP contribution is -2.08. The summed E-state index contributed by atoms with van der Waals surface area (Å²) in [6.45, 7) is 0.866. The van der Waals surface area contributed by atoms with Gasteiger partial charge in [0.25, 0.3) is 0 Å². The highest BCUT2D eigenvalue weighted by molar-refractivity contribution is 6.12. The minimum Gasteiger partial charge on any atom is -0.387 e. The summed E-state index contributed by atoms with van der Waals surface area (Å²) in [7, 11) is 0. The van der Waals surface area contributed by atoms with Crippen LogP contribution in [0.25, 0.3) is 71.7 Å². The molecule has 0 bridgehead atoms. The smallest absolute Gasteiger partial charge is 0.0541 e. The minimum absolute atomic E-state index is 0.866. The fourth-order valence-electron chi connectivity index (χ4n) is 6.91. The molecular weight excluding hydrogens is 534 g/mol. The predicted octanol–water partition coefficient (Wildman–Crippen LogP) is 10.0. The quantitative estimate of drug-likeness (QED) is 0.226. The van der Waals surface area contributed by atoms with Gasteiger partial charge in [-0.1, -0.05) is 84.9 Å². The summed E-state index contributed by atoms with van der Waals surface area (Å²) in [4.78, 5) is 0. The molecule has 9 rings (SSSR count). The molecule has 0 fully saturated rings. The van der Waals surface area contributed by atoms with Gasteiger partial charge < -0.3 is 14.5 Å². The van der Waals surface area contributed by atoms with E-state index in [1.807, 2.05) is 6.20 Å². The summed E-state index contributed by atoms with van der Waals surface area (Å²) in [6.07, 6.45) is 6.39. The molecule has 208 valence electrons. The second-order valence-electron chi connectivity index (χ2n) is 11.5. The number of nitrogens with one attached hydrogen (secondary N) is 1. The van der Waals surface area contributed by atoms with Crippen LogP contribution in [0.15, 0.2) is 158 Å². The molecule has 0 aliphatic carbocycles. The van der Waals surface area contributed by atoms with E-state index in [1.165, 1.54) is 77.2 Å². The molecule has 0 unspecified atom stereocenters. The maximum absolute atomic E-state index is 3.24. The van der Waals surface area contributed by atoms with Crippen molar-refractivity contribution in [2.45, 2.75) is 0 Å².